The number of unbranched alkanes of at least 4 members (excludes halogenated alkanes) is 4. The van der Waals surface area contributed by atoms with Gasteiger partial charge in [-0.2, -0.15) is 0 Å². The van der Waals surface area contributed by atoms with Crippen LogP contribution in [-0.4, -0.2) is 102 Å². The minimum Gasteiger partial charge on any atom is -0.460 e. The summed E-state index contributed by atoms with van der Waals surface area (Å²) in [6.07, 6.45) is 4.06. The number of carbonyl (C=O) groups excluding carboxylic acids is 6. The van der Waals surface area contributed by atoms with Gasteiger partial charge in [0.25, 0.3) is 0 Å². The average Bonchev–Trinajstić information content (AvgIpc) is 3.04. The van der Waals surface area contributed by atoms with Crippen LogP contribution in [0.15, 0.2) is 0 Å². The van der Waals surface area contributed by atoms with Gasteiger partial charge in [0.2, 0.25) is 29.5 Å². The van der Waals surface area contributed by atoms with Crippen molar-refractivity contribution in [1.29, 1.82) is 0 Å². The molecule has 1 fully saturated rings. The molecule has 1 rings (SSSR count). The van der Waals surface area contributed by atoms with Crippen LogP contribution in [0.4, 0.5) is 0 Å². The zero-order valence-corrected chi connectivity index (χ0v) is 30.3. The zero-order valence-electron chi connectivity index (χ0n) is 30.3. The zero-order chi connectivity index (χ0) is 36.6. The van der Waals surface area contributed by atoms with E-state index in [-0.39, 0.29) is 24.3 Å². The maximum atomic E-state index is 14.1. The number of hydrogen-bond acceptors (Lipinski definition) is 9. The molecule has 0 aromatic heterocycles. The van der Waals surface area contributed by atoms with Gasteiger partial charge < -0.3 is 41.7 Å². The summed E-state index contributed by atoms with van der Waals surface area (Å²) in [6, 6.07) is -4.79. The third kappa shape index (κ3) is 13.3. The fraction of sp³-hybridized carbons (Fsp3) is 0.824. The van der Waals surface area contributed by atoms with Crippen LogP contribution in [0.25, 0.3) is 0 Å². The van der Waals surface area contributed by atoms with Crippen molar-refractivity contribution in [3.05, 3.63) is 0 Å². The van der Waals surface area contributed by atoms with Crippen LogP contribution < -0.4 is 27.0 Å². The van der Waals surface area contributed by atoms with E-state index in [4.69, 9.17) is 10.5 Å². The summed E-state index contributed by atoms with van der Waals surface area (Å²) < 4.78 is 5.84. The molecule has 0 saturated carbocycles. The number of hydrogen-bond donors (Lipinski definition) is 6. The van der Waals surface area contributed by atoms with Crippen LogP contribution in [-0.2, 0) is 33.5 Å². The van der Waals surface area contributed by atoms with Crippen molar-refractivity contribution in [3.8, 4) is 0 Å². The molecule has 0 bridgehead atoms. The molecule has 48 heavy (non-hydrogen) atoms. The predicted octanol–water partition coefficient (Wildman–Crippen LogP) is 1.13. The fourth-order valence-electron chi connectivity index (χ4n) is 5.77. The van der Waals surface area contributed by atoms with Gasteiger partial charge in [-0.15, -0.1) is 0 Å². The van der Waals surface area contributed by atoms with Gasteiger partial charge in [0.05, 0.1) is 12.0 Å². The number of aliphatic hydroxyl groups is 1. The Labute approximate surface area is 286 Å². The lowest BCUT2D eigenvalue weighted by molar-refractivity contribution is -0.158. The molecule has 1 saturated heterocycles. The van der Waals surface area contributed by atoms with E-state index >= 15 is 0 Å². The first kappa shape index (κ1) is 42.8. The number of esters is 1. The SMILES string of the molecule is CCCCCCC[C@H]1OC(=O)CNC(=O)[C@H]([C@H](C)O)NC(=O)[C@H](CN)NC(=O)[C@H]([C@H](C)CC)NC(=O)[C@H](CC(C)C)N(C)C(=O)[C@@H]1CC. The molecule has 0 aromatic rings. The van der Waals surface area contributed by atoms with E-state index in [1.54, 1.807) is 14.0 Å². The van der Waals surface area contributed by atoms with Gasteiger partial charge in [0, 0.05) is 13.6 Å². The number of carbonyl (C=O) groups is 6. The van der Waals surface area contributed by atoms with Crippen molar-refractivity contribution < 1.29 is 38.6 Å². The van der Waals surface area contributed by atoms with Crippen LogP contribution in [0.1, 0.15) is 106 Å². The third-order valence-corrected chi connectivity index (χ3v) is 9.02. The van der Waals surface area contributed by atoms with Gasteiger partial charge in [-0.05, 0) is 44.4 Å². The lowest BCUT2D eigenvalue weighted by Crippen LogP contribution is -2.62. The Hall–Kier alpha value is -3.26. The number of aliphatic hydroxyl groups excluding tert-OH is 1. The van der Waals surface area contributed by atoms with Gasteiger partial charge in [0.1, 0.15) is 36.8 Å². The van der Waals surface area contributed by atoms with Crippen LogP contribution in [0.5, 0.6) is 0 Å². The van der Waals surface area contributed by atoms with Crippen molar-refractivity contribution in [2.75, 3.05) is 20.1 Å². The minimum absolute atomic E-state index is 0.0107. The highest BCUT2D eigenvalue weighted by Crippen LogP contribution is 2.24. The monoisotopic (exact) mass is 682 g/mol. The van der Waals surface area contributed by atoms with E-state index in [1.807, 2.05) is 27.7 Å². The van der Waals surface area contributed by atoms with Gasteiger partial charge >= 0.3 is 5.97 Å². The van der Waals surface area contributed by atoms with Crippen molar-refractivity contribution in [2.24, 2.45) is 23.5 Å². The highest BCUT2D eigenvalue weighted by atomic mass is 16.5. The van der Waals surface area contributed by atoms with E-state index < -0.39 is 78.4 Å². The van der Waals surface area contributed by atoms with E-state index in [1.165, 1.54) is 11.8 Å². The summed E-state index contributed by atoms with van der Waals surface area (Å²) in [4.78, 5) is 82.4. The summed E-state index contributed by atoms with van der Waals surface area (Å²) in [5, 5.41) is 20.5. The molecular weight excluding hydrogens is 620 g/mol. The lowest BCUT2D eigenvalue weighted by atomic mass is 9.91. The normalized spacial score (nSPS) is 27.1. The molecule has 5 amide bonds. The fourth-order valence-corrected chi connectivity index (χ4v) is 5.77. The maximum Gasteiger partial charge on any atom is 0.325 e. The average molecular weight is 683 g/mol. The Morgan fingerprint density at radius 1 is 0.854 bits per heavy atom. The van der Waals surface area contributed by atoms with E-state index in [9.17, 15) is 33.9 Å². The van der Waals surface area contributed by atoms with Crippen LogP contribution in [0.3, 0.4) is 0 Å². The van der Waals surface area contributed by atoms with Gasteiger partial charge in [-0.1, -0.05) is 73.6 Å². The van der Waals surface area contributed by atoms with Crippen LogP contribution in [0, 0.1) is 17.8 Å². The second kappa shape index (κ2) is 21.7. The highest BCUT2D eigenvalue weighted by Gasteiger charge is 2.39. The number of ether oxygens (including phenoxy) is 1. The number of nitrogens with one attached hydrogen (secondary N) is 4. The first-order chi connectivity index (χ1) is 22.6. The lowest BCUT2D eigenvalue weighted by Gasteiger charge is -2.35. The Bertz CT molecular complexity index is 1070. The third-order valence-electron chi connectivity index (χ3n) is 9.02. The molecule has 1 aliphatic heterocycles. The molecule has 1 aliphatic rings. The molecular formula is C34H62N6O8. The van der Waals surface area contributed by atoms with Crippen LogP contribution in [0.2, 0.25) is 0 Å². The number of nitrogens with zero attached hydrogens (tertiary/aromatic N) is 1. The first-order valence-corrected chi connectivity index (χ1v) is 17.7. The molecule has 0 aliphatic carbocycles. The molecule has 14 heteroatoms. The summed E-state index contributed by atoms with van der Waals surface area (Å²) in [6.45, 7) is 11.8. The Morgan fingerprint density at radius 3 is 2.02 bits per heavy atom. The number of cyclic esters (lactones) is 1. The second-order valence-corrected chi connectivity index (χ2v) is 13.5. The van der Waals surface area contributed by atoms with Crippen molar-refractivity contribution >= 4 is 35.5 Å². The van der Waals surface area contributed by atoms with Gasteiger partial charge in [-0.25, -0.2) is 0 Å². The Balaban J connectivity index is 3.67. The maximum absolute atomic E-state index is 14.1. The van der Waals surface area contributed by atoms with Crippen molar-refractivity contribution in [2.45, 2.75) is 143 Å². The number of rotatable bonds is 13. The molecule has 8 atom stereocenters. The summed E-state index contributed by atoms with van der Waals surface area (Å²) >= 11 is 0. The molecule has 14 nitrogen and oxygen atoms in total. The van der Waals surface area contributed by atoms with Crippen LogP contribution >= 0.6 is 0 Å². The first-order valence-electron chi connectivity index (χ1n) is 17.7. The van der Waals surface area contributed by atoms with E-state index in [0.717, 1.165) is 25.7 Å². The second-order valence-electron chi connectivity index (χ2n) is 13.5. The molecule has 0 unspecified atom stereocenters. The van der Waals surface area contributed by atoms with Gasteiger partial charge in [-0.3, -0.25) is 28.8 Å². The quantitative estimate of drug-likeness (QED) is 0.121. The van der Waals surface area contributed by atoms with Crippen molar-refractivity contribution in [1.82, 2.24) is 26.2 Å². The number of nitrogens with two attached hydrogens (primary N) is 1. The van der Waals surface area contributed by atoms with Crippen molar-refractivity contribution in [3.63, 3.8) is 0 Å². The molecule has 0 spiro atoms. The smallest absolute Gasteiger partial charge is 0.325 e. The topological polar surface area (TPSA) is 209 Å². The summed E-state index contributed by atoms with van der Waals surface area (Å²) in [7, 11) is 1.55. The largest absolute Gasteiger partial charge is 0.460 e. The molecule has 0 radical (unpaired) electrons. The van der Waals surface area contributed by atoms with E-state index in [2.05, 4.69) is 28.2 Å². The summed E-state index contributed by atoms with van der Waals surface area (Å²) in [5.41, 5.74) is 5.83. The Kier molecular flexibility index (Phi) is 19.3. The minimum atomic E-state index is -1.48. The number of likely N-dealkylation sites (N-methyl/N-ethyl adjacent to an activating group) is 1. The number of amides is 5. The highest BCUT2D eigenvalue weighted by molar-refractivity contribution is 5.96. The van der Waals surface area contributed by atoms with Gasteiger partial charge in [0.15, 0.2) is 0 Å². The predicted molar refractivity (Wildman–Crippen MR) is 182 cm³/mol. The summed E-state index contributed by atoms with van der Waals surface area (Å²) in [5.74, 6) is -5.16. The molecule has 7 N–H and O–H groups in total. The standard InChI is InChI=1S/C34H62N6O8/c1-9-12-13-14-15-16-26-23(11-3)34(47)40(8)25(17-20(4)5)31(44)38-28(21(6)10-2)33(46)37-24(18-35)30(43)39-29(22(7)41)32(45)36-19-27(42)48-26/h20-26,28-29,41H,9-19,35H2,1-8H3,(H,36,45)(H,37,46)(H,38,44)(H,39,43)/t21-,22+,23-,24+,25+,26-,28+,29+/m1/s1. The molecule has 0 aromatic carbocycles. The molecule has 1 heterocycles. The Morgan fingerprint density at radius 2 is 1.48 bits per heavy atom. The molecule has 276 valence electrons. The van der Waals surface area contributed by atoms with E-state index in [0.29, 0.717) is 32.1 Å².